The molecule has 0 aliphatic heterocycles. The van der Waals surface area contributed by atoms with E-state index in [1.54, 1.807) is 0 Å². The Hall–Kier alpha value is -2.20. The van der Waals surface area contributed by atoms with E-state index in [4.69, 9.17) is 23.2 Å². The molecule has 0 aliphatic rings. The molecule has 0 saturated heterocycles. The zero-order chi connectivity index (χ0) is 27.4. The van der Waals surface area contributed by atoms with Gasteiger partial charge in [0.2, 0.25) is 11.8 Å². The lowest BCUT2D eigenvalue weighted by Crippen LogP contribution is -2.15. The summed E-state index contributed by atoms with van der Waals surface area (Å²) in [6, 6.07) is 5.11. The SMILES string of the molecule is O=C(CSc1nnc(SCC(=O)Nc2ccc(C(F)(F)F)cc2Cl)s1)Nc1ccc(C(F)(F)F)cc1Cl. The van der Waals surface area contributed by atoms with Crippen LogP contribution in [0.2, 0.25) is 10.0 Å². The molecule has 0 unspecified atom stereocenters. The highest BCUT2D eigenvalue weighted by Gasteiger charge is 2.32. The van der Waals surface area contributed by atoms with Crippen LogP contribution in [0, 0.1) is 0 Å². The number of carbonyl (C=O) groups excluding carboxylic acids is 2. The zero-order valence-corrected chi connectivity index (χ0v) is 21.8. The van der Waals surface area contributed by atoms with Gasteiger partial charge in [-0.3, -0.25) is 9.59 Å². The molecule has 37 heavy (non-hydrogen) atoms. The predicted octanol–water partition coefficient (Wildman–Crippen LogP) is 7.34. The minimum absolute atomic E-state index is 0.0212. The Labute approximate surface area is 227 Å². The van der Waals surface area contributed by atoms with E-state index in [9.17, 15) is 35.9 Å². The van der Waals surface area contributed by atoms with E-state index in [2.05, 4.69) is 20.8 Å². The van der Waals surface area contributed by atoms with Gasteiger partial charge < -0.3 is 10.6 Å². The van der Waals surface area contributed by atoms with E-state index in [0.29, 0.717) is 20.8 Å². The van der Waals surface area contributed by atoms with E-state index >= 15 is 0 Å². The van der Waals surface area contributed by atoms with Crippen molar-refractivity contribution in [3.8, 4) is 0 Å². The van der Waals surface area contributed by atoms with Crippen LogP contribution in [0.15, 0.2) is 45.1 Å². The highest BCUT2D eigenvalue weighted by Crippen LogP contribution is 2.35. The third-order valence-corrected chi connectivity index (χ3v) is 8.00. The molecule has 6 nitrogen and oxygen atoms in total. The molecule has 0 atom stereocenters. The van der Waals surface area contributed by atoms with Crippen LogP contribution in [0.3, 0.4) is 0 Å². The number of alkyl halides is 6. The van der Waals surface area contributed by atoms with Crippen molar-refractivity contribution < 1.29 is 35.9 Å². The highest BCUT2D eigenvalue weighted by atomic mass is 35.5. The van der Waals surface area contributed by atoms with Gasteiger partial charge in [0.1, 0.15) is 0 Å². The van der Waals surface area contributed by atoms with Crippen LogP contribution in [-0.4, -0.2) is 33.5 Å². The number of carbonyl (C=O) groups is 2. The first-order valence-corrected chi connectivity index (χ1v) is 13.2. The second-order valence-corrected chi connectivity index (χ2v) is 11.1. The van der Waals surface area contributed by atoms with Crippen LogP contribution in [0.5, 0.6) is 0 Å². The standard InChI is InChI=1S/C20H12Cl2F6N4O2S3/c21-11-5-9(19(23,24)25)1-3-13(11)29-15(33)7-35-17-31-32-18(37-17)36-8-16(34)30-14-4-2-10(6-12(14)22)20(26,27)28/h1-6H,7-8H2,(H,29,33)(H,30,34). The van der Waals surface area contributed by atoms with Crippen molar-refractivity contribution in [2.75, 3.05) is 22.1 Å². The highest BCUT2D eigenvalue weighted by molar-refractivity contribution is 8.03. The number of amides is 2. The van der Waals surface area contributed by atoms with E-state index in [-0.39, 0.29) is 32.9 Å². The summed E-state index contributed by atoms with van der Waals surface area (Å²) in [6.45, 7) is 0. The number of anilines is 2. The Balaban J connectivity index is 1.46. The number of hydrogen-bond acceptors (Lipinski definition) is 7. The second kappa shape index (κ2) is 12.1. The summed E-state index contributed by atoms with van der Waals surface area (Å²) in [7, 11) is 0. The molecule has 2 N–H and O–H groups in total. The Bertz CT molecular complexity index is 1210. The first-order chi connectivity index (χ1) is 17.2. The summed E-state index contributed by atoms with van der Waals surface area (Å²) in [5.74, 6) is -1.35. The predicted molar refractivity (Wildman–Crippen MR) is 132 cm³/mol. The quantitative estimate of drug-likeness (QED) is 0.202. The lowest BCUT2D eigenvalue weighted by Gasteiger charge is -2.10. The number of hydrogen-bond donors (Lipinski definition) is 2. The molecule has 1 heterocycles. The van der Waals surface area contributed by atoms with Gasteiger partial charge in [0.15, 0.2) is 8.68 Å². The minimum atomic E-state index is -4.56. The molecule has 2 aromatic carbocycles. The van der Waals surface area contributed by atoms with Gasteiger partial charge in [-0.25, -0.2) is 0 Å². The lowest BCUT2D eigenvalue weighted by atomic mass is 10.2. The lowest BCUT2D eigenvalue weighted by molar-refractivity contribution is -0.138. The number of halogens is 8. The number of nitrogens with zero attached hydrogens (tertiary/aromatic N) is 2. The van der Waals surface area contributed by atoms with Crippen LogP contribution in [0.25, 0.3) is 0 Å². The first kappa shape index (κ1) is 29.4. The number of nitrogens with one attached hydrogen (secondary N) is 2. The third kappa shape index (κ3) is 8.67. The largest absolute Gasteiger partial charge is 0.416 e. The topological polar surface area (TPSA) is 84.0 Å². The van der Waals surface area contributed by atoms with Crippen LogP contribution in [-0.2, 0) is 21.9 Å². The van der Waals surface area contributed by atoms with Crippen molar-refractivity contribution in [3.05, 3.63) is 57.6 Å². The third-order valence-electron chi connectivity index (χ3n) is 4.18. The summed E-state index contributed by atoms with van der Waals surface area (Å²) >= 11 is 14.7. The summed E-state index contributed by atoms with van der Waals surface area (Å²) in [6.07, 6.45) is -9.13. The normalized spacial score (nSPS) is 11.9. The van der Waals surface area contributed by atoms with Crippen molar-refractivity contribution in [2.24, 2.45) is 0 Å². The maximum atomic E-state index is 12.7. The number of aromatic nitrogens is 2. The van der Waals surface area contributed by atoms with Crippen molar-refractivity contribution in [1.29, 1.82) is 0 Å². The molecule has 0 spiro atoms. The van der Waals surface area contributed by atoms with E-state index < -0.39 is 35.3 Å². The average Bonchev–Trinajstić information content (AvgIpc) is 3.25. The molecule has 0 saturated carbocycles. The molecule has 0 bridgehead atoms. The Kier molecular flexibility index (Phi) is 9.61. The van der Waals surface area contributed by atoms with Gasteiger partial charge in [-0.1, -0.05) is 58.1 Å². The molecule has 0 radical (unpaired) electrons. The monoisotopic (exact) mass is 620 g/mol. The molecule has 3 aromatic rings. The molecule has 0 fully saturated rings. The van der Waals surface area contributed by atoms with Gasteiger partial charge in [-0.05, 0) is 36.4 Å². The Morgan fingerprint density at radius 2 is 1.14 bits per heavy atom. The van der Waals surface area contributed by atoms with Gasteiger partial charge in [0.05, 0.1) is 44.1 Å². The van der Waals surface area contributed by atoms with Gasteiger partial charge in [-0.15, -0.1) is 10.2 Å². The maximum Gasteiger partial charge on any atom is 0.416 e. The van der Waals surface area contributed by atoms with Gasteiger partial charge in [-0.2, -0.15) is 26.3 Å². The van der Waals surface area contributed by atoms with Crippen molar-refractivity contribution in [3.63, 3.8) is 0 Å². The van der Waals surface area contributed by atoms with Crippen molar-refractivity contribution in [2.45, 2.75) is 21.0 Å². The number of benzene rings is 2. The van der Waals surface area contributed by atoms with Crippen molar-refractivity contribution in [1.82, 2.24) is 10.2 Å². The summed E-state index contributed by atoms with van der Waals surface area (Å²) in [5, 5.41) is 12.1. The molecule has 17 heteroatoms. The smallest absolute Gasteiger partial charge is 0.324 e. The fourth-order valence-electron chi connectivity index (χ4n) is 2.53. The molecule has 1 aromatic heterocycles. The summed E-state index contributed by atoms with van der Waals surface area (Å²) < 4.78 is 77.0. The Morgan fingerprint density at radius 3 is 1.46 bits per heavy atom. The number of thioether (sulfide) groups is 2. The first-order valence-electron chi connectivity index (χ1n) is 9.64. The maximum absolute atomic E-state index is 12.7. The molecule has 0 aliphatic carbocycles. The van der Waals surface area contributed by atoms with Crippen LogP contribution in [0.1, 0.15) is 11.1 Å². The molecular weight excluding hydrogens is 609 g/mol. The summed E-state index contributed by atoms with van der Waals surface area (Å²) in [5.41, 5.74) is -1.85. The minimum Gasteiger partial charge on any atom is -0.324 e. The van der Waals surface area contributed by atoms with Crippen molar-refractivity contribution >= 4 is 81.3 Å². The fraction of sp³-hybridized carbons (Fsp3) is 0.200. The molecule has 3 rings (SSSR count). The fourth-order valence-corrected chi connectivity index (χ4v) is 5.60. The molecular formula is C20H12Cl2F6N4O2S3. The molecule has 2 amide bonds. The van der Waals surface area contributed by atoms with Gasteiger partial charge in [0.25, 0.3) is 0 Å². The zero-order valence-electron chi connectivity index (χ0n) is 17.8. The van der Waals surface area contributed by atoms with Gasteiger partial charge >= 0.3 is 12.4 Å². The van der Waals surface area contributed by atoms with Crippen LogP contribution >= 0.6 is 58.1 Å². The Morgan fingerprint density at radius 1 is 0.757 bits per heavy atom. The van der Waals surface area contributed by atoms with E-state index in [1.807, 2.05) is 0 Å². The van der Waals surface area contributed by atoms with Gasteiger partial charge in [0, 0.05) is 0 Å². The van der Waals surface area contributed by atoms with E-state index in [1.165, 1.54) is 0 Å². The van der Waals surface area contributed by atoms with Crippen LogP contribution < -0.4 is 10.6 Å². The van der Waals surface area contributed by atoms with Crippen LogP contribution in [0.4, 0.5) is 37.7 Å². The summed E-state index contributed by atoms with van der Waals surface area (Å²) in [4.78, 5) is 24.3. The number of rotatable bonds is 8. The second-order valence-electron chi connectivity index (χ2n) is 6.89. The van der Waals surface area contributed by atoms with E-state index in [0.717, 1.165) is 59.1 Å². The molecule has 198 valence electrons. The average molecular weight is 621 g/mol.